The molecular weight excluding hydrogens is 306 g/mol. The van der Waals surface area contributed by atoms with E-state index in [0.29, 0.717) is 18.6 Å². The van der Waals surface area contributed by atoms with Gasteiger partial charge in [-0.15, -0.1) is 6.58 Å². The van der Waals surface area contributed by atoms with Gasteiger partial charge in [0.1, 0.15) is 5.75 Å². The number of benzene rings is 1. The molecule has 1 fully saturated rings. The lowest BCUT2D eigenvalue weighted by molar-refractivity contribution is -0.142. The largest absolute Gasteiger partial charge is 0.496 e. The van der Waals surface area contributed by atoms with E-state index in [1.165, 1.54) is 0 Å². The number of amides is 1. The molecular formula is C19H25NO4. The molecule has 0 heterocycles. The first kappa shape index (κ1) is 18.0. The summed E-state index contributed by atoms with van der Waals surface area (Å²) >= 11 is 0. The first-order valence-electron chi connectivity index (χ1n) is 8.26. The quantitative estimate of drug-likeness (QED) is 0.682. The van der Waals surface area contributed by atoms with Crippen molar-refractivity contribution in [3.05, 3.63) is 42.5 Å². The number of para-hydroxylation sites is 1. The second-order valence-corrected chi connectivity index (χ2v) is 6.39. The van der Waals surface area contributed by atoms with Crippen LogP contribution in [0, 0.1) is 11.3 Å². The van der Waals surface area contributed by atoms with Crippen LogP contribution in [-0.2, 0) is 16.0 Å². The van der Waals surface area contributed by atoms with E-state index in [2.05, 4.69) is 11.9 Å². The predicted octanol–water partition coefficient (Wildman–Crippen LogP) is 2.80. The number of nitrogens with one attached hydrogen (secondary N) is 1. The van der Waals surface area contributed by atoms with Gasteiger partial charge >= 0.3 is 5.97 Å². The first-order valence-corrected chi connectivity index (χ1v) is 8.26. The zero-order valence-corrected chi connectivity index (χ0v) is 14.1. The Bertz CT molecular complexity index is 607. The van der Waals surface area contributed by atoms with E-state index in [-0.39, 0.29) is 17.9 Å². The SMILES string of the molecule is C=CCC1(C(=O)NCC(Cc2ccccc2OC)C(=O)O)CCC1. The second kappa shape index (κ2) is 7.99. The molecule has 0 aliphatic heterocycles. The summed E-state index contributed by atoms with van der Waals surface area (Å²) in [5, 5.41) is 12.3. The molecule has 1 aliphatic carbocycles. The molecule has 1 aromatic rings. The topological polar surface area (TPSA) is 75.6 Å². The number of carbonyl (C=O) groups excluding carboxylic acids is 1. The van der Waals surface area contributed by atoms with Crippen molar-refractivity contribution in [2.75, 3.05) is 13.7 Å². The molecule has 1 aromatic carbocycles. The summed E-state index contributed by atoms with van der Waals surface area (Å²) in [6.07, 6.45) is 5.44. The van der Waals surface area contributed by atoms with Crippen LogP contribution < -0.4 is 10.1 Å². The Morgan fingerprint density at radius 1 is 1.42 bits per heavy atom. The molecule has 5 heteroatoms. The Morgan fingerprint density at radius 3 is 2.67 bits per heavy atom. The highest BCUT2D eigenvalue weighted by atomic mass is 16.5. The summed E-state index contributed by atoms with van der Waals surface area (Å²) in [5.74, 6) is -1.00. The number of rotatable bonds is 9. The number of hydrogen-bond acceptors (Lipinski definition) is 3. The zero-order valence-electron chi connectivity index (χ0n) is 14.1. The normalized spacial score (nSPS) is 16.5. The third-order valence-electron chi connectivity index (χ3n) is 4.84. The van der Waals surface area contributed by atoms with Crippen LogP contribution in [0.25, 0.3) is 0 Å². The molecule has 2 rings (SSSR count). The van der Waals surface area contributed by atoms with Gasteiger partial charge in [-0.2, -0.15) is 0 Å². The summed E-state index contributed by atoms with van der Waals surface area (Å²) in [6.45, 7) is 3.84. The van der Waals surface area contributed by atoms with Crippen molar-refractivity contribution in [3.8, 4) is 5.75 Å². The highest BCUT2D eigenvalue weighted by Crippen LogP contribution is 2.44. The maximum Gasteiger partial charge on any atom is 0.308 e. The predicted molar refractivity (Wildman–Crippen MR) is 91.9 cm³/mol. The van der Waals surface area contributed by atoms with Gasteiger partial charge in [-0.25, -0.2) is 0 Å². The fourth-order valence-electron chi connectivity index (χ4n) is 3.19. The van der Waals surface area contributed by atoms with Crippen LogP contribution in [0.15, 0.2) is 36.9 Å². The van der Waals surface area contributed by atoms with E-state index in [0.717, 1.165) is 24.8 Å². The van der Waals surface area contributed by atoms with Gasteiger partial charge in [0.2, 0.25) is 5.91 Å². The number of carboxylic acid groups (broad SMARTS) is 1. The molecule has 1 amide bonds. The van der Waals surface area contributed by atoms with Crippen LogP contribution in [-0.4, -0.2) is 30.6 Å². The van der Waals surface area contributed by atoms with E-state index in [9.17, 15) is 14.7 Å². The van der Waals surface area contributed by atoms with E-state index in [1.807, 2.05) is 18.2 Å². The fraction of sp³-hybridized carbons (Fsp3) is 0.474. The first-order chi connectivity index (χ1) is 11.5. The summed E-state index contributed by atoms with van der Waals surface area (Å²) in [4.78, 5) is 24.0. The zero-order chi connectivity index (χ0) is 17.6. The molecule has 0 spiro atoms. The number of aliphatic carboxylic acids is 1. The van der Waals surface area contributed by atoms with Gasteiger partial charge in [-0.1, -0.05) is 30.7 Å². The molecule has 0 bridgehead atoms. The average molecular weight is 331 g/mol. The number of hydrogen-bond donors (Lipinski definition) is 2. The summed E-state index contributed by atoms with van der Waals surface area (Å²) in [7, 11) is 1.56. The Kier molecular flexibility index (Phi) is 6.01. The third kappa shape index (κ3) is 3.96. The summed E-state index contributed by atoms with van der Waals surface area (Å²) in [6, 6.07) is 7.35. The maximum atomic E-state index is 12.5. The van der Waals surface area contributed by atoms with Crippen molar-refractivity contribution in [1.29, 1.82) is 0 Å². The number of allylic oxidation sites excluding steroid dienone is 1. The molecule has 1 aliphatic rings. The van der Waals surface area contributed by atoms with Crippen LogP contribution in [0.5, 0.6) is 5.75 Å². The lowest BCUT2D eigenvalue weighted by Gasteiger charge is -2.39. The van der Waals surface area contributed by atoms with Crippen molar-refractivity contribution in [1.82, 2.24) is 5.32 Å². The standard InChI is InChI=1S/C19H25NO4/c1-3-9-19(10-6-11-19)18(23)20-13-15(17(21)22)12-14-7-4-5-8-16(14)24-2/h3-5,7-8,15H,1,6,9-13H2,2H3,(H,20,23)(H,21,22). The highest BCUT2D eigenvalue weighted by molar-refractivity contribution is 5.84. The van der Waals surface area contributed by atoms with Crippen LogP contribution in [0.2, 0.25) is 0 Å². The minimum absolute atomic E-state index is 0.0556. The maximum absolute atomic E-state index is 12.5. The van der Waals surface area contributed by atoms with Gasteiger partial charge in [0.05, 0.1) is 18.4 Å². The van der Waals surface area contributed by atoms with Gasteiger partial charge in [0.25, 0.3) is 0 Å². The number of ether oxygens (including phenoxy) is 1. The van der Waals surface area contributed by atoms with Crippen molar-refractivity contribution >= 4 is 11.9 Å². The minimum Gasteiger partial charge on any atom is -0.496 e. The van der Waals surface area contributed by atoms with Crippen molar-refractivity contribution in [2.45, 2.75) is 32.1 Å². The molecule has 1 unspecified atom stereocenters. The van der Waals surface area contributed by atoms with Crippen molar-refractivity contribution in [2.24, 2.45) is 11.3 Å². The summed E-state index contributed by atoms with van der Waals surface area (Å²) < 4.78 is 5.27. The van der Waals surface area contributed by atoms with Crippen LogP contribution in [0.1, 0.15) is 31.2 Å². The minimum atomic E-state index is -0.924. The van der Waals surface area contributed by atoms with Gasteiger partial charge in [0.15, 0.2) is 0 Å². The Balaban J connectivity index is 2.00. The fourth-order valence-corrected chi connectivity index (χ4v) is 3.19. The molecule has 1 saturated carbocycles. The number of methoxy groups -OCH3 is 1. The Hall–Kier alpha value is -2.30. The average Bonchev–Trinajstić information content (AvgIpc) is 2.54. The monoisotopic (exact) mass is 331 g/mol. The summed E-state index contributed by atoms with van der Waals surface area (Å²) in [5.41, 5.74) is 0.445. The molecule has 0 radical (unpaired) electrons. The highest BCUT2D eigenvalue weighted by Gasteiger charge is 2.42. The molecule has 0 saturated heterocycles. The number of carbonyl (C=O) groups is 2. The molecule has 5 nitrogen and oxygen atoms in total. The van der Waals surface area contributed by atoms with Crippen molar-refractivity contribution in [3.63, 3.8) is 0 Å². The van der Waals surface area contributed by atoms with Crippen LogP contribution in [0.4, 0.5) is 0 Å². The van der Waals surface area contributed by atoms with Crippen LogP contribution >= 0.6 is 0 Å². The number of carboxylic acids is 1. The second-order valence-electron chi connectivity index (χ2n) is 6.39. The van der Waals surface area contributed by atoms with Gasteiger partial charge in [0, 0.05) is 6.54 Å². The molecule has 1 atom stereocenters. The van der Waals surface area contributed by atoms with Gasteiger partial charge in [-0.3, -0.25) is 9.59 Å². The smallest absolute Gasteiger partial charge is 0.308 e. The third-order valence-corrected chi connectivity index (χ3v) is 4.84. The van der Waals surface area contributed by atoms with E-state index in [1.54, 1.807) is 19.3 Å². The van der Waals surface area contributed by atoms with Crippen molar-refractivity contribution < 1.29 is 19.4 Å². The Morgan fingerprint density at radius 2 is 2.12 bits per heavy atom. The Labute approximate surface area is 142 Å². The van der Waals surface area contributed by atoms with E-state index >= 15 is 0 Å². The lowest BCUT2D eigenvalue weighted by atomic mass is 9.66. The molecule has 130 valence electrons. The van der Waals surface area contributed by atoms with Gasteiger partial charge < -0.3 is 15.2 Å². The lowest BCUT2D eigenvalue weighted by Crippen LogP contribution is -2.47. The molecule has 0 aromatic heterocycles. The molecule has 24 heavy (non-hydrogen) atoms. The van der Waals surface area contributed by atoms with Gasteiger partial charge in [-0.05, 0) is 37.3 Å². The molecule has 2 N–H and O–H groups in total. The van der Waals surface area contributed by atoms with E-state index < -0.39 is 11.9 Å². The van der Waals surface area contributed by atoms with E-state index in [4.69, 9.17) is 4.74 Å². The van der Waals surface area contributed by atoms with Crippen LogP contribution in [0.3, 0.4) is 0 Å².